The number of piperidine rings is 1. The van der Waals surface area contributed by atoms with Gasteiger partial charge >= 0.3 is 0 Å². The maximum Gasteiger partial charge on any atom is 0.243 e. The molecule has 2 N–H and O–H groups in total. The summed E-state index contributed by atoms with van der Waals surface area (Å²) in [6.45, 7) is 2.19. The second-order valence-electron chi connectivity index (χ2n) is 5.55. The van der Waals surface area contributed by atoms with Crippen LogP contribution in [0.3, 0.4) is 0 Å². The molecule has 2 bridgehead atoms. The molecule has 19 heavy (non-hydrogen) atoms. The minimum absolute atomic E-state index is 0.112. The third-order valence-corrected chi connectivity index (χ3v) is 6.30. The Morgan fingerprint density at radius 1 is 1.37 bits per heavy atom. The van der Waals surface area contributed by atoms with Crippen LogP contribution in [0.1, 0.15) is 24.8 Å². The van der Waals surface area contributed by atoms with Gasteiger partial charge in [0.2, 0.25) is 10.0 Å². The van der Waals surface area contributed by atoms with E-state index in [1.54, 1.807) is 11.2 Å². The van der Waals surface area contributed by atoms with E-state index in [1.165, 1.54) is 12.1 Å². The van der Waals surface area contributed by atoms with E-state index in [0.29, 0.717) is 18.0 Å². The van der Waals surface area contributed by atoms with Crippen molar-refractivity contribution in [1.29, 1.82) is 0 Å². The molecular weight excluding hydrogens is 267 g/mol. The van der Waals surface area contributed by atoms with Crippen LogP contribution < -0.4 is 5.73 Å². The van der Waals surface area contributed by atoms with Crippen LogP contribution in [-0.4, -0.2) is 25.3 Å². The van der Waals surface area contributed by atoms with Gasteiger partial charge in [-0.2, -0.15) is 4.31 Å². The lowest BCUT2D eigenvalue weighted by Gasteiger charge is -2.27. The second-order valence-corrected chi connectivity index (χ2v) is 7.41. The smallest absolute Gasteiger partial charge is 0.243 e. The summed E-state index contributed by atoms with van der Waals surface area (Å²) in [6.07, 6.45) is 3.00. The number of hydrogen-bond acceptors (Lipinski definition) is 3. The normalized spacial score (nSPS) is 27.1. The van der Waals surface area contributed by atoms with Crippen molar-refractivity contribution in [3.63, 3.8) is 0 Å². The van der Waals surface area contributed by atoms with Gasteiger partial charge in [0.25, 0.3) is 0 Å². The molecule has 1 saturated carbocycles. The Balaban J connectivity index is 2.03. The first-order valence-electron chi connectivity index (χ1n) is 6.47. The van der Waals surface area contributed by atoms with E-state index in [-0.39, 0.29) is 16.6 Å². The summed E-state index contributed by atoms with van der Waals surface area (Å²) in [6, 6.07) is 2.54. The molecule has 0 amide bonds. The lowest BCUT2D eigenvalue weighted by atomic mass is 10.1. The highest BCUT2D eigenvalue weighted by molar-refractivity contribution is 7.89. The van der Waals surface area contributed by atoms with Crippen molar-refractivity contribution in [2.75, 3.05) is 12.3 Å². The van der Waals surface area contributed by atoms with E-state index in [2.05, 4.69) is 0 Å². The summed E-state index contributed by atoms with van der Waals surface area (Å²) in [5.74, 6) is -0.0859. The van der Waals surface area contributed by atoms with Gasteiger partial charge in [-0.25, -0.2) is 12.8 Å². The number of aryl methyl sites for hydroxylation is 1. The molecule has 0 aromatic heterocycles. The molecule has 2 aliphatic rings. The van der Waals surface area contributed by atoms with E-state index in [9.17, 15) is 12.8 Å². The Morgan fingerprint density at radius 3 is 2.68 bits per heavy atom. The lowest BCUT2D eigenvalue weighted by Crippen LogP contribution is -2.38. The Bertz CT molecular complexity index is 630. The number of hydrogen-bond donors (Lipinski definition) is 1. The molecule has 2 unspecified atom stereocenters. The highest BCUT2D eigenvalue weighted by Gasteiger charge is 2.44. The van der Waals surface area contributed by atoms with Gasteiger partial charge in [0.1, 0.15) is 5.82 Å². The average Bonchev–Trinajstić information content (AvgIpc) is 2.95. The summed E-state index contributed by atoms with van der Waals surface area (Å²) in [5.41, 5.74) is 5.80. The molecule has 1 aromatic carbocycles. The number of nitrogens with two attached hydrogens (primary N) is 1. The van der Waals surface area contributed by atoms with Crippen molar-refractivity contribution >= 4 is 15.7 Å². The third-order valence-electron chi connectivity index (χ3n) is 4.24. The topological polar surface area (TPSA) is 63.4 Å². The number of sulfonamides is 1. The molecule has 1 heterocycles. The van der Waals surface area contributed by atoms with Crippen LogP contribution in [0.15, 0.2) is 17.0 Å². The van der Waals surface area contributed by atoms with Gasteiger partial charge < -0.3 is 5.73 Å². The van der Waals surface area contributed by atoms with Crippen molar-refractivity contribution < 1.29 is 12.8 Å². The van der Waals surface area contributed by atoms with E-state index in [0.717, 1.165) is 19.3 Å². The number of nitrogen functional groups attached to an aromatic ring is 1. The number of anilines is 1. The highest BCUT2D eigenvalue weighted by atomic mass is 32.2. The van der Waals surface area contributed by atoms with Gasteiger partial charge in [0.15, 0.2) is 0 Å². The molecule has 2 atom stereocenters. The van der Waals surface area contributed by atoms with Crippen molar-refractivity contribution in [2.24, 2.45) is 5.92 Å². The van der Waals surface area contributed by atoms with E-state index < -0.39 is 15.8 Å². The Labute approximate surface area is 112 Å². The van der Waals surface area contributed by atoms with E-state index in [4.69, 9.17) is 5.73 Å². The van der Waals surface area contributed by atoms with Crippen molar-refractivity contribution in [1.82, 2.24) is 4.31 Å². The molecule has 1 saturated heterocycles. The van der Waals surface area contributed by atoms with Crippen molar-refractivity contribution in [2.45, 2.75) is 37.1 Å². The first kappa shape index (κ1) is 12.9. The summed E-state index contributed by atoms with van der Waals surface area (Å²) >= 11 is 0. The Hall–Kier alpha value is -1.14. The maximum atomic E-state index is 13.3. The van der Waals surface area contributed by atoms with Crippen LogP contribution in [0.4, 0.5) is 10.1 Å². The maximum absolute atomic E-state index is 13.3. The minimum atomic E-state index is -3.55. The van der Waals surface area contributed by atoms with Gasteiger partial charge in [-0.1, -0.05) is 0 Å². The van der Waals surface area contributed by atoms with Crippen LogP contribution in [-0.2, 0) is 10.0 Å². The van der Waals surface area contributed by atoms with E-state index in [1.807, 2.05) is 0 Å². The fourth-order valence-electron chi connectivity index (χ4n) is 3.25. The number of halogens is 1. The predicted molar refractivity (Wildman–Crippen MR) is 70.6 cm³/mol. The zero-order chi connectivity index (χ0) is 13.8. The SMILES string of the molecule is Cc1cc(F)c(N)cc1S(=O)(=O)N1CC2CCC1C2. The zero-order valence-corrected chi connectivity index (χ0v) is 11.6. The first-order valence-corrected chi connectivity index (χ1v) is 7.91. The van der Waals surface area contributed by atoms with Gasteiger partial charge in [-0.3, -0.25) is 0 Å². The summed E-state index contributed by atoms with van der Waals surface area (Å²) in [4.78, 5) is 0.138. The largest absolute Gasteiger partial charge is 0.396 e. The average molecular weight is 284 g/mol. The number of rotatable bonds is 2. The summed E-state index contributed by atoms with van der Waals surface area (Å²) in [7, 11) is -3.55. The van der Waals surface area contributed by atoms with Crippen LogP contribution in [0.2, 0.25) is 0 Å². The predicted octanol–water partition coefficient (Wildman–Crippen LogP) is 1.89. The molecular formula is C13H17FN2O2S. The molecule has 4 nitrogen and oxygen atoms in total. The molecule has 2 fully saturated rings. The minimum Gasteiger partial charge on any atom is -0.396 e. The monoisotopic (exact) mass is 284 g/mol. The summed E-state index contributed by atoms with van der Waals surface area (Å²) < 4.78 is 40.2. The van der Waals surface area contributed by atoms with Crippen LogP contribution in [0.5, 0.6) is 0 Å². The van der Waals surface area contributed by atoms with Crippen LogP contribution in [0, 0.1) is 18.7 Å². The quantitative estimate of drug-likeness (QED) is 0.844. The fraction of sp³-hybridized carbons (Fsp3) is 0.538. The first-order chi connectivity index (χ1) is 8.89. The van der Waals surface area contributed by atoms with Crippen molar-refractivity contribution in [3.8, 4) is 0 Å². The Morgan fingerprint density at radius 2 is 2.11 bits per heavy atom. The molecule has 0 radical (unpaired) electrons. The molecule has 1 aliphatic carbocycles. The number of benzene rings is 1. The third kappa shape index (κ3) is 1.94. The molecule has 1 aliphatic heterocycles. The lowest BCUT2D eigenvalue weighted by molar-refractivity contribution is 0.333. The summed E-state index contributed by atoms with van der Waals surface area (Å²) in [5, 5.41) is 0. The number of nitrogens with zero attached hydrogens (tertiary/aromatic N) is 1. The Kier molecular flexibility index (Phi) is 2.83. The van der Waals surface area contributed by atoms with Crippen LogP contribution >= 0.6 is 0 Å². The van der Waals surface area contributed by atoms with Crippen molar-refractivity contribution in [3.05, 3.63) is 23.5 Å². The van der Waals surface area contributed by atoms with Crippen LogP contribution in [0.25, 0.3) is 0 Å². The van der Waals surface area contributed by atoms with Gasteiger partial charge in [-0.05, 0) is 49.8 Å². The van der Waals surface area contributed by atoms with Gasteiger partial charge in [-0.15, -0.1) is 0 Å². The van der Waals surface area contributed by atoms with Gasteiger partial charge in [0.05, 0.1) is 10.6 Å². The molecule has 1 aromatic rings. The number of fused-ring (bicyclic) bond motifs is 2. The standard InChI is InChI=1S/C13H17FN2O2S/c1-8-4-11(14)12(15)6-13(8)19(17,18)16-7-9-2-3-10(16)5-9/h4,6,9-10H,2-3,5,7,15H2,1H3. The molecule has 104 valence electrons. The highest BCUT2D eigenvalue weighted by Crippen LogP contribution is 2.41. The molecule has 6 heteroatoms. The van der Waals surface area contributed by atoms with E-state index >= 15 is 0 Å². The van der Waals surface area contributed by atoms with Gasteiger partial charge in [0, 0.05) is 12.6 Å². The molecule has 3 rings (SSSR count). The zero-order valence-electron chi connectivity index (χ0n) is 10.8. The molecule has 0 spiro atoms. The fourth-order valence-corrected chi connectivity index (χ4v) is 5.23. The second kappa shape index (κ2) is 4.18.